The first kappa shape index (κ1) is 38.0. The molecule has 15 nitrogen and oxygen atoms in total. The molecule has 0 unspecified atom stereocenters. The molecule has 0 aliphatic rings. The van der Waals surface area contributed by atoms with Crippen molar-refractivity contribution in [1.29, 1.82) is 0 Å². The van der Waals surface area contributed by atoms with Crippen molar-refractivity contribution in [3.63, 3.8) is 0 Å². The van der Waals surface area contributed by atoms with Gasteiger partial charge in [0.05, 0.1) is 43.1 Å². The van der Waals surface area contributed by atoms with Crippen LogP contribution in [0.2, 0.25) is 0 Å². The van der Waals surface area contributed by atoms with E-state index in [4.69, 9.17) is 18.8 Å². The van der Waals surface area contributed by atoms with Crippen LogP contribution >= 0.6 is 0 Å². The summed E-state index contributed by atoms with van der Waals surface area (Å²) in [6.07, 6.45) is 2.20. The van der Waals surface area contributed by atoms with E-state index in [0.29, 0.717) is 58.3 Å². The highest BCUT2D eigenvalue weighted by atomic mass is 32.2. The number of benzene rings is 4. The predicted octanol–water partition coefficient (Wildman–Crippen LogP) is 9.17. The standard InChI is InChI=1S/C33H38N6O9S2/c1-5-6-13-47-26-17-23-9-10-24(18-27(23)33(20-26)50(43,44)45)35-36-25-11-12-28(32(19-25)48-14-7-8-15-49(40,41)42)38-39-29-21-31(46-4)30(37-34-3)16-22(29)2/h9-12,16-21H,5-8,13-15H2,1-4H3,(H,40,41,42)(H,43,44,45). The van der Waals surface area contributed by atoms with Gasteiger partial charge in [-0.05, 0) is 73.5 Å². The van der Waals surface area contributed by atoms with Crippen LogP contribution in [0.1, 0.15) is 38.2 Å². The maximum atomic E-state index is 12.3. The third-order valence-corrected chi connectivity index (χ3v) is 8.87. The van der Waals surface area contributed by atoms with Gasteiger partial charge in [-0.1, -0.05) is 19.4 Å². The van der Waals surface area contributed by atoms with Crippen LogP contribution in [0.4, 0.5) is 28.4 Å². The van der Waals surface area contributed by atoms with Gasteiger partial charge in [-0.15, -0.1) is 5.11 Å². The molecule has 17 heteroatoms. The van der Waals surface area contributed by atoms with Crippen LogP contribution in [0, 0.1) is 6.92 Å². The van der Waals surface area contributed by atoms with Crippen molar-refractivity contribution >= 4 is 59.4 Å². The van der Waals surface area contributed by atoms with E-state index < -0.39 is 26.0 Å². The Balaban J connectivity index is 1.65. The van der Waals surface area contributed by atoms with Gasteiger partial charge in [0, 0.05) is 30.6 Å². The molecule has 0 bridgehead atoms. The second-order valence-electron chi connectivity index (χ2n) is 11.0. The Hall–Kier alpha value is -4.84. The second-order valence-corrected chi connectivity index (χ2v) is 14.0. The molecule has 0 atom stereocenters. The number of nitrogens with zero attached hydrogens (tertiary/aromatic N) is 6. The first-order valence-corrected chi connectivity index (χ1v) is 18.6. The largest absolute Gasteiger partial charge is 0.494 e. The lowest BCUT2D eigenvalue weighted by Crippen LogP contribution is -2.06. The molecule has 4 rings (SSSR count). The molecule has 0 radical (unpaired) electrons. The summed E-state index contributed by atoms with van der Waals surface area (Å²) < 4.78 is 82.7. The zero-order valence-corrected chi connectivity index (χ0v) is 29.6. The minimum atomic E-state index is -4.59. The van der Waals surface area contributed by atoms with Gasteiger partial charge in [-0.25, -0.2) is 0 Å². The van der Waals surface area contributed by atoms with Crippen molar-refractivity contribution in [3.8, 4) is 17.2 Å². The van der Waals surface area contributed by atoms with Crippen LogP contribution in [0.25, 0.3) is 10.8 Å². The summed E-state index contributed by atoms with van der Waals surface area (Å²) in [6.45, 7) is 4.36. The Bertz CT molecular complexity index is 2140. The van der Waals surface area contributed by atoms with Gasteiger partial charge in [0.2, 0.25) is 0 Å². The SMILES string of the molecule is CCCCOc1cc(S(=O)(=O)O)c2cc(N=Nc3ccc(N=Nc4cc(OC)c(N=NC)cc4C)c(OCCCCS(=O)(=O)O)c3)ccc2c1. The lowest BCUT2D eigenvalue weighted by molar-refractivity contribution is 0.309. The van der Waals surface area contributed by atoms with Crippen LogP contribution in [0.15, 0.2) is 96.2 Å². The van der Waals surface area contributed by atoms with E-state index in [9.17, 15) is 21.4 Å². The van der Waals surface area contributed by atoms with Gasteiger partial charge in [0.1, 0.15) is 33.5 Å². The summed E-state index contributed by atoms with van der Waals surface area (Å²) in [4.78, 5) is -0.310. The third kappa shape index (κ3) is 10.8. The second kappa shape index (κ2) is 17.2. The average molecular weight is 727 g/mol. The third-order valence-electron chi connectivity index (χ3n) is 7.17. The van der Waals surface area contributed by atoms with Gasteiger partial charge in [-0.2, -0.15) is 42.4 Å². The molecular formula is C33H38N6O9S2. The molecule has 266 valence electrons. The van der Waals surface area contributed by atoms with Gasteiger partial charge in [-0.3, -0.25) is 9.11 Å². The fraction of sp³-hybridized carbons (Fsp3) is 0.333. The number of unbranched alkanes of at least 4 members (excludes halogenated alkanes) is 2. The first-order chi connectivity index (χ1) is 23.8. The zero-order chi connectivity index (χ0) is 36.3. The van der Waals surface area contributed by atoms with E-state index >= 15 is 0 Å². The van der Waals surface area contributed by atoms with Gasteiger partial charge >= 0.3 is 0 Å². The number of methoxy groups -OCH3 is 1. The molecule has 0 amide bonds. The number of hydrogen-bond acceptors (Lipinski definition) is 13. The number of hydrogen-bond donors (Lipinski definition) is 2. The number of fused-ring (bicyclic) bond motifs is 1. The minimum absolute atomic E-state index is 0.107. The Labute approximate surface area is 290 Å². The number of rotatable bonds is 17. The van der Waals surface area contributed by atoms with Crippen LogP contribution in [-0.2, 0) is 20.2 Å². The highest BCUT2D eigenvalue weighted by Crippen LogP contribution is 2.38. The summed E-state index contributed by atoms with van der Waals surface area (Å²) >= 11 is 0. The Morgan fingerprint density at radius 2 is 1.40 bits per heavy atom. The predicted molar refractivity (Wildman–Crippen MR) is 188 cm³/mol. The highest BCUT2D eigenvalue weighted by molar-refractivity contribution is 7.86. The van der Waals surface area contributed by atoms with Crippen molar-refractivity contribution in [3.05, 3.63) is 66.2 Å². The number of ether oxygens (including phenoxy) is 3. The molecule has 0 spiro atoms. The van der Waals surface area contributed by atoms with Crippen molar-refractivity contribution in [2.45, 2.75) is 44.4 Å². The van der Waals surface area contributed by atoms with Crippen molar-refractivity contribution < 1.29 is 40.2 Å². The maximum absolute atomic E-state index is 12.3. The average Bonchev–Trinajstić information content (AvgIpc) is 3.06. The molecule has 0 saturated carbocycles. The summed E-state index contributed by atoms with van der Waals surface area (Å²) in [5, 5.41) is 26.0. The fourth-order valence-electron chi connectivity index (χ4n) is 4.65. The van der Waals surface area contributed by atoms with E-state index in [2.05, 4.69) is 30.7 Å². The molecular weight excluding hydrogens is 689 g/mol. The topological polar surface area (TPSA) is 211 Å². The van der Waals surface area contributed by atoms with Crippen molar-refractivity contribution in [2.75, 3.05) is 33.1 Å². The molecule has 0 aliphatic heterocycles. The maximum Gasteiger partial charge on any atom is 0.295 e. The molecule has 0 aromatic heterocycles. The molecule has 4 aromatic carbocycles. The van der Waals surface area contributed by atoms with Crippen LogP contribution in [0.5, 0.6) is 17.2 Å². The van der Waals surface area contributed by atoms with Gasteiger partial charge in [0.15, 0.2) is 0 Å². The summed E-state index contributed by atoms with van der Waals surface area (Å²) in [5.41, 5.74) is 2.84. The van der Waals surface area contributed by atoms with E-state index in [1.807, 2.05) is 13.8 Å². The normalized spacial score (nSPS) is 12.4. The van der Waals surface area contributed by atoms with Crippen LogP contribution < -0.4 is 14.2 Å². The molecule has 0 saturated heterocycles. The molecule has 0 fully saturated rings. The Morgan fingerprint density at radius 1 is 0.700 bits per heavy atom. The minimum Gasteiger partial charge on any atom is -0.494 e. The molecule has 50 heavy (non-hydrogen) atoms. The summed E-state index contributed by atoms with van der Waals surface area (Å²) in [5.74, 6) is 0.662. The molecule has 2 N–H and O–H groups in total. The van der Waals surface area contributed by atoms with Crippen molar-refractivity contribution in [2.24, 2.45) is 30.7 Å². The molecule has 0 heterocycles. The quantitative estimate of drug-likeness (QED) is 0.0602. The number of azo groups is 3. The van der Waals surface area contributed by atoms with Crippen LogP contribution in [0.3, 0.4) is 0 Å². The molecule has 0 aliphatic carbocycles. The summed E-state index contributed by atoms with van der Waals surface area (Å²) in [7, 11) is -5.62. The lowest BCUT2D eigenvalue weighted by atomic mass is 10.1. The monoisotopic (exact) mass is 726 g/mol. The summed E-state index contributed by atoms with van der Waals surface area (Å²) in [6, 6.07) is 16.0. The van der Waals surface area contributed by atoms with Gasteiger partial charge in [0.25, 0.3) is 20.2 Å². The van der Waals surface area contributed by atoms with Crippen molar-refractivity contribution in [1.82, 2.24) is 0 Å². The molecule has 4 aromatic rings. The van der Waals surface area contributed by atoms with E-state index in [1.165, 1.54) is 19.2 Å². The van der Waals surface area contributed by atoms with Crippen LogP contribution in [-0.4, -0.2) is 59.1 Å². The number of aryl methyl sites for hydroxylation is 1. The lowest BCUT2D eigenvalue weighted by Gasteiger charge is -2.11. The first-order valence-electron chi connectivity index (χ1n) is 15.5. The van der Waals surface area contributed by atoms with E-state index in [-0.39, 0.29) is 29.1 Å². The highest BCUT2D eigenvalue weighted by Gasteiger charge is 2.17. The van der Waals surface area contributed by atoms with Gasteiger partial charge < -0.3 is 14.2 Å². The Kier molecular flexibility index (Phi) is 13.1. The fourth-order valence-corrected chi connectivity index (χ4v) is 5.94. The van der Waals surface area contributed by atoms with E-state index in [1.54, 1.807) is 55.6 Å². The smallest absolute Gasteiger partial charge is 0.295 e. The van der Waals surface area contributed by atoms with E-state index in [0.717, 1.165) is 18.4 Å². The zero-order valence-electron chi connectivity index (χ0n) is 28.0. The Morgan fingerprint density at radius 3 is 2.08 bits per heavy atom.